The molecule has 6 nitrogen and oxygen atoms in total. The summed E-state index contributed by atoms with van der Waals surface area (Å²) in [5, 5.41) is 3.81. The number of carbonyl (C=O) groups is 1. The normalized spacial score (nSPS) is 19.2. The molecule has 0 aliphatic carbocycles. The van der Waals surface area contributed by atoms with Crippen molar-refractivity contribution in [2.75, 3.05) is 20.3 Å². The van der Waals surface area contributed by atoms with Gasteiger partial charge in [-0.3, -0.25) is 9.78 Å². The second-order valence-corrected chi connectivity index (χ2v) is 6.22. The number of ether oxygens (including phenoxy) is 2. The van der Waals surface area contributed by atoms with Crippen LogP contribution in [-0.4, -0.2) is 41.2 Å². The summed E-state index contributed by atoms with van der Waals surface area (Å²) in [6.07, 6.45) is 1.75. The van der Waals surface area contributed by atoms with E-state index >= 15 is 0 Å². The molecule has 0 radical (unpaired) electrons. The van der Waals surface area contributed by atoms with Gasteiger partial charge in [0.1, 0.15) is 12.3 Å². The molecule has 1 saturated heterocycles. The van der Waals surface area contributed by atoms with Crippen molar-refractivity contribution in [1.29, 1.82) is 0 Å². The maximum atomic E-state index is 12.1. The Morgan fingerprint density at radius 1 is 1.27 bits per heavy atom. The molecule has 0 unspecified atom stereocenters. The van der Waals surface area contributed by atoms with Crippen molar-refractivity contribution in [3.8, 4) is 5.75 Å². The highest BCUT2D eigenvalue weighted by atomic mass is 32.1. The van der Waals surface area contributed by atoms with E-state index in [1.54, 1.807) is 20.2 Å². The molecule has 2 heterocycles. The van der Waals surface area contributed by atoms with Crippen LogP contribution in [0.1, 0.15) is 30.3 Å². The minimum Gasteiger partial charge on any atom is -0.497 e. The number of carbonyl (C=O) groups excluding carboxylic acids is 1. The van der Waals surface area contributed by atoms with Crippen molar-refractivity contribution < 1.29 is 14.3 Å². The topological polar surface area (TPSA) is 63.7 Å². The van der Waals surface area contributed by atoms with Gasteiger partial charge in [-0.1, -0.05) is 18.2 Å². The Hall–Kier alpha value is -2.67. The molecular formula is C19H21N3O3S. The van der Waals surface area contributed by atoms with E-state index in [9.17, 15) is 4.79 Å². The van der Waals surface area contributed by atoms with E-state index in [1.807, 2.05) is 47.4 Å². The van der Waals surface area contributed by atoms with Crippen LogP contribution in [0.25, 0.3) is 0 Å². The molecule has 1 N–H and O–H groups in total. The minimum absolute atomic E-state index is 0.0830. The van der Waals surface area contributed by atoms with Crippen LogP contribution in [-0.2, 0) is 9.53 Å². The van der Waals surface area contributed by atoms with Crippen LogP contribution < -0.4 is 10.1 Å². The number of rotatable bonds is 6. The zero-order valence-corrected chi connectivity index (χ0v) is 15.5. The lowest BCUT2D eigenvalue weighted by atomic mass is 9.96. The zero-order chi connectivity index (χ0) is 18.5. The van der Waals surface area contributed by atoms with E-state index in [0.717, 1.165) is 17.0 Å². The molecule has 26 heavy (non-hydrogen) atoms. The highest BCUT2D eigenvalue weighted by Crippen LogP contribution is 2.38. The first-order valence-corrected chi connectivity index (χ1v) is 8.82. The Labute approximate surface area is 158 Å². The first kappa shape index (κ1) is 18.1. The van der Waals surface area contributed by atoms with Crippen molar-refractivity contribution in [3.05, 3.63) is 59.9 Å². The number of aromatic nitrogens is 1. The fourth-order valence-electron chi connectivity index (χ4n) is 3.09. The van der Waals surface area contributed by atoms with Gasteiger partial charge in [-0.2, -0.15) is 0 Å². The molecule has 1 aromatic carbocycles. The predicted molar refractivity (Wildman–Crippen MR) is 102 cm³/mol. The summed E-state index contributed by atoms with van der Waals surface area (Å²) >= 11 is 5.50. The van der Waals surface area contributed by atoms with Gasteiger partial charge in [0, 0.05) is 6.20 Å². The average Bonchev–Trinajstić information content (AvgIpc) is 2.99. The predicted octanol–water partition coefficient (Wildman–Crippen LogP) is 2.63. The second-order valence-electron chi connectivity index (χ2n) is 5.83. The number of esters is 1. The Balaban J connectivity index is 1.96. The van der Waals surface area contributed by atoms with Crippen molar-refractivity contribution >= 4 is 23.3 Å². The van der Waals surface area contributed by atoms with Gasteiger partial charge in [-0.15, -0.1) is 0 Å². The van der Waals surface area contributed by atoms with Crippen LogP contribution in [0.3, 0.4) is 0 Å². The van der Waals surface area contributed by atoms with Crippen LogP contribution in [0.2, 0.25) is 0 Å². The number of hydrogen-bond donors (Lipinski definition) is 1. The third kappa shape index (κ3) is 3.77. The summed E-state index contributed by atoms with van der Waals surface area (Å²) in [6.45, 7) is 2.21. The van der Waals surface area contributed by atoms with Crippen molar-refractivity contribution in [2.45, 2.75) is 19.0 Å². The molecule has 3 rings (SSSR count). The fraction of sp³-hybridized carbons (Fsp3) is 0.316. The number of nitrogens with zero attached hydrogens (tertiary/aromatic N) is 2. The number of thiocarbonyl (C=S) groups is 1. The van der Waals surface area contributed by atoms with Gasteiger partial charge in [-0.25, -0.2) is 0 Å². The summed E-state index contributed by atoms with van der Waals surface area (Å²) in [5.41, 5.74) is 1.88. The van der Waals surface area contributed by atoms with Gasteiger partial charge in [0.25, 0.3) is 0 Å². The number of methoxy groups -OCH3 is 1. The van der Waals surface area contributed by atoms with Crippen molar-refractivity contribution in [2.24, 2.45) is 0 Å². The monoisotopic (exact) mass is 371 g/mol. The third-order valence-electron chi connectivity index (χ3n) is 4.26. The zero-order valence-electron chi connectivity index (χ0n) is 14.7. The average molecular weight is 371 g/mol. The molecule has 0 amide bonds. The lowest BCUT2D eigenvalue weighted by Crippen LogP contribution is -2.35. The minimum atomic E-state index is -0.308. The maximum absolute atomic E-state index is 12.1. The summed E-state index contributed by atoms with van der Waals surface area (Å²) in [7, 11) is 1.63. The highest BCUT2D eigenvalue weighted by molar-refractivity contribution is 7.80. The van der Waals surface area contributed by atoms with Crippen molar-refractivity contribution in [3.63, 3.8) is 0 Å². The summed E-state index contributed by atoms with van der Waals surface area (Å²) in [6, 6.07) is 13.2. The van der Waals surface area contributed by atoms with Crippen LogP contribution in [0.4, 0.5) is 0 Å². The lowest BCUT2D eigenvalue weighted by molar-refractivity contribution is -0.143. The maximum Gasteiger partial charge on any atom is 0.325 e. The number of pyridine rings is 1. The van der Waals surface area contributed by atoms with E-state index in [1.165, 1.54) is 0 Å². The summed E-state index contributed by atoms with van der Waals surface area (Å²) < 4.78 is 10.4. The summed E-state index contributed by atoms with van der Waals surface area (Å²) in [4.78, 5) is 18.4. The molecule has 7 heteroatoms. The van der Waals surface area contributed by atoms with E-state index in [4.69, 9.17) is 21.7 Å². The molecule has 0 bridgehead atoms. The van der Waals surface area contributed by atoms with Crippen LogP contribution in [0.5, 0.6) is 5.75 Å². The molecular weight excluding hydrogens is 350 g/mol. The number of hydrogen-bond acceptors (Lipinski definition) is 5. The SMILES string of the molecule is CCOC(=O)CN1C(=S)N[C@@H](c2ccccn2)[C@H]1c1ccc(OC)cc1. The van der Waals surface area contributed by atoms with E-state index in [2.05, 4.69) is 10.3 Å². The smallest absolute Gasteiger partial charge is 0.325 e. The highest BCUT2D eigenvalue weighted by Gasteiger charge is 2.40. The molecule has 1 fully saturated rings. The third-order valence-corrected chi connectivity index (χ3v) is 4.61. The first-order valence-electron chi connectivity index (χ1n) is 8.41. The quantitative estimate of drug-likeness (QED) is 0.619. The Kier molecular flexibility index (Phi) is 5.68. The van der Waals surface area contributed by atoms with Gasteiger partial charge in [0.05, 0.1) is 31.5 Å². The van der Waals surface area contributed by atoms with Crippen LogP contribution in [0.15, 0.2) is 48.7 Å². The largest absolute Gasteiger partial charge is 0.497 e. The summed E-state index contributed by atoms with van der Waals surface area (Å²) in [5.74, 6) is 0.463. The molecule has 2 atom stereocenters. The molecule has 136 valence electrons. The molecule has 1 aliphatic rings. The van der Waals surface area contributed by atoms with Gasteiger partial charge in [-0.05, 0) is 49.0 Å². The van der Waals surface area contributed by atoms with Crippen LogP contribution >= 0.6 is 12.2 Å². The van der Waals surface area contributed by atoms with Crippen molar-refractivity contribution in [1.82, 2.24) is 15.2 Å². The van der Waals surface area contributed by atoms with E-state index in [-0.39, 0.29) is 24.6 Å². The molecule has 0 spiro atoms. The Bertz CT molecular complexity index is 767. The fourth-order valence-corrected chi connectivity index (χ4v) is 3.39. The lowest BCUT2D eigenvalue weighted by Gasteiger charge is -2.27. The number of nitrogens with one attached hydrogen (secondary N) is 1. The molecule has 0 saturated carbocycles. The Morgan fingerprint density at radius 3 is 2.65 bits per heavy atom. The molecule has 2 aromatic rings. The number of benzene rings is 1. The second kappa shape index (κ2) is 8.14. The van der Waals surface area contributed by atoms with Gasteiger partial charge < -0.3 is 19.7 Å². The molecule has 1 aromatic heterocycles. The van der Waals surface area contributed by atoms with Crippen LogP contribution in [0, 0.1) is 0 Å². The van der Waals surface area contributed by atoms with E-state index in [0.29, 0.717) is 11.7 Å². The van der Waals surface area contributed by atoms with Gasteiger partial charge >= 0.3 is 5.97 Å². The standard InChI is InChI=1S/C19H21N3O3S/c1-3-25-16(23)12-22-18(13-7-9-14(24-2)10-8-13)17(21-19(22)26)15-6-4-5-11-20-15/h4-11,17-18H,3,12H2,1-2H3,(H,21,26)/t17-,18+/m0/s1. The Morgan fingerprint density at radius 2 is 2.04 bits per heavy atom. The van der Waals surface area contributed by atoms with Gasteiger partial charge in [0.2, 0.25) is 0 Å². The first-order chi connectivity index (χ1) is 12.6. The van der Waals surface area contributed by atoms with Gasteiger partial charge in [0.15, 0.2) is 5.11 Å². The molecule has 1 aliphatic heterocycles. The van der Waals surface area contributed by atoms with E-state index < -0.39 is 0 Å².